The molecule has 0 aliphatic carbocycles. The van der Waals surface area contributed by atoms with Gasteiger partial charge in [0.05, 0.1) is 11.2 Å². The Morgan fingerprint density at radius 2 is 1.74 bits per heavy atom. The lowest BCUT2D eigenvalue weighted by Gasteiger charge is -2.32. The average molecular weight is 322 g/mol. The van der Waals surface area contributed by atoms with Crippen molar-refractivity contribution in [2.75, 3.05) is 0 Å². The van der Waals surface area contributed by atoms with Crippen LogP contribution in [0.4, 0.5) is 8.78 Å². The molecular formula is C18H25BF2O2. The van der Waals surface area contributed by atoms with Crippen molar-refractivity contribution in [3.63, 3.8) is 0 Å². The van der Waals surface area contributed by atoms with E-state index in [0.29, 0.717) is 6.42 Å². The van der Waals surface area contributed by atoms with Crippen molar-refractivity contribution in [3.8, 4) is 0 Å². The first-order valence-electron chi connectivity index (χ1n) is 7.90. The first kappa shape index (κ1) is 18.1. The first-order valence-corrected chi connectivity index (χ1v) is 7.90. The molecule has 0 amide bonds. The molecule has 2 rings (SSSR count). The van der Waals surface area contributed by atoms with E-state index < -0.39 is 29.5 Å². The lowest BCUT2D eigenvalue weighted by Crippen LogP contribution is -2.41. The van der Waals surface area contributed by atoms with Crippen LogP contribution in [0, 0.1) is 11.2 Å². The predicted molar refractivity (Wildman–Crippen MR) is 89.2 cm³/mol. The molecule has 1 heterocycles. The molecule has 0 radical (unpaired) electrons. The summed E-state index contributed by atoms with van der Waals surface area (Å²) < 4.78 is 39.3. The molecule has 0 unspecified atom stereocenters. The Labute approximate surface area is 138 Å². The highest BCUT2D eigenvalue weighted by atomic mass is 19.1. The van der Waals surface area contributed by atoms with E-state index in [1.807, 2.05) is 47.6 Å². The molecular weight excluding hydrogens is 297 g/mol. The molecule has 0 bridgehead atoms. The van der Waals surface area contributed by atoms with Gasteiger partial charge in [-0.2, -0.15) is 0 Å². The summed E-state index contributed by atoms with van der Waals surface area (Å²) in [5.41, 5.74) is -1.25. The maximum absolute atomic E-state index is 14.6. The van der Waals surface area contributed by atoms with Crippen molar-refractivity contribution < 1.29 is 18.1 Å². The highest BCUT2D eigenvalue weighted by molar-refractivity contribution is 6.53. The minimum Gasteiger partial charge on any atom is -0.398 e. The third-order valence-electron chi connectivity index (χ3n) is 4.56. The molecule has 23 heavy (non-hydrogen) atoms. The number of hydrogen-bond acceptors (Lipinski definition) is 2. The molecule has 1 aromatic carbocycles. The zero-order chi connectivity index (χ0) is 17.5. The fraction of sp³-hybridized carbons (Fsp3) is 0.556. The summed E-state index contributed by atoms with van der Waals surface area (Å²) >= 11 is 0. The van der Waals surface area contributed by atoms with Gasteiger partial charge in [-0.15, -0.1) is 0 Å². The third kappa shape index (κ3) is 4.21. The van der Waals surface area contributed by atoms with Crippen molar-refractivity contribution in [2.45, 2.75) is 59.2 Å². The van der Waals surface area contributed by atoms with E-state index in [4.69, 9.17) is 9.31 Å². The van der Waals surface area contributed by atoms with Crippen LogP contribution in [0.25, 0.3) is 0 Å². The van der Waals surface area contributed by atoms with Crippen LogP contribution in [-0.4, -0.2) is 18.3 Å². The maximum atomic E-state index is 14.6. The number of halogens is 2. The summed E-state index contributed by atoms with van der Waals surface area (Å²) in [5, 5.41) is 0. The number of benzene rings is 1. The lowest BCUT2D eigenvalue weighted by atomic mass is 9.79. The molecule has 2 nitrogen and oxygen atoms in total. The van der Waals surface area contributed by atoms with Crippen LogP contribution in [0.15, 0.2) is 36.1 Å². The van der Waals surface area contributed by atoms with Crippen LogP contribution in [0.5, 0.6) is 0 Å². The predicted octanol–water partition coefficient (Wildman–Crippen LogP) is 4.88. The highest BCUT2D eigenvalue weighted by Crippen LogP contribution is 2.39. The summed E-state index contributed by atoms with van der Waals surface area (Å²) in [6, 6.07) is 6.37. The molecule has 126 valence electrons. The van der Waals surface area contributed by atoms with E-state index in [1.165, 1.54) is 18.2 Å². The smallest absolute Gasteiger partial charge is 0.398 e. The topological polar surface area (TPSA) is 18.5 Å². The van der Waals surface area contributed by atoms with Crippen LogP contribution >= 0.6 is 0 Å². The minimum absolute atomic E-state index is 0.284. The fourth-order valence-corrected chi connectivity index (χ4v) is 2.62. The second-order valence-corrected chi connectivity index (χ2v) is 7.91. The Bertz CT molecular complexity index is 593. The molecule has 1 aliphatic rings. The van der Waals surface area contributed by atoms with Gasteiger partial charge in [0.25, 0.3) is 0 Å². The molecule has 0 saturated carbocycles. The summed E-state index contributed by atoms with van der Waals surface area (Å²) in [4.78, 5) is 0. The molecule has 1 aromatic rings. The number of rotatable bonds is 4. The van der Waals surface area contributed by atoms with E-state index in [-0.39, 0.29) is 5.82 Å². The molecule has 0 spiro atoms. The third-order valence-corrected chi connectivity index (χ3v) is 4.56. The molecule has 1 aliphatic heterocycles. The molecule has 5 heteroatoms. The van der Waals surface area contributed by atoms with E-state index in [0.717, 1.165) is 5.56 Å². The van der Waals surface area contributed by atoms with Crippen LogP contribution in [0.2, 0.25) is 0 Å². The monoisotopic (exact) mass is 322 g/mol. The Hall–Kier alpha value is -1.20. The van der Waals surface area contributed by atoms with Crippen molar-refractivity contribution in [3.05, 3.63) is 47.4 Å². The normalized spacial score (nSPS) is 20.9. The number of allylic oxidation sites excluding steroid dienone is 1. The van der Waals surface area contributed by atoms with Gasteiger partial charge in [-0.3, -0.25) is 0 Å². The summed E-state index contributed by atoms with van der Waals surface area (Å²) in [6.07, 6.45) is 2.04. The standard InChI is InChI=1S/C18H25BF2O2/c1-16(2,11-13-8-7-9-14(20)10-13)12-15(21)19-22-17(3,4)18(5,6)23-19/h7-10,12H,11H2,1-6H3. The van der Waals surface area contributed by atoms with E-state index in [9.17, 15) is 8.78 Å². The van der Waals surface area contributed by atoms with Gasteiger partial charge < -0.3 is 9.31 Å². The Kier molecular flexibility index (Phi) is 4.75. The van der Waals surface area contributed by atoms with Gasteiger partial charge in [0.15, 0.2) is 0 Å². The summed E-state index contributed by atoms with van der Waals surface area (Å²) in [5.74, 6) is -0.284. The van der Waals surface area contributed by atoms with Crippen LogP contribution < -0.4 is 0 Å². The highest BCUT2D eigenvalue weighted by Gasteiger charge is 2.53. The summed E-state index contributed by atoms with van der Waals surface area (Å²) in [7, 11) is -0.994. The second-order valence-electron chi connectivity index (χ2n) is 7.91. The van der Waals surface area contributed by atoms with E-state index >= 15 is 0 Å². The lowest BCUT2D eigenvalue weighted by molar-refractivity contribution is 0.00578. The molecule has 0 atom stereocenters. The quantitative estimate of drug-likeness (QED) is 0.736. The van der Waals surface area contributed by atoms with Crippen molar-refractivity contribution in [1.82, 2.24) is 0 Å². The molecule has 0 aromatic heterocycles. The Balaban J connectivity index is 2.13. The SMILES string of the molecule is CC(C)(C=C(F)B1OC(C)(C)C(C)(C)O1)Cc1cccc(F)c1. The maximum Gasteiger partial charge on any atom is 0.524 e. The molecule has 1 fully saturated rings. The van der Waals surface area contributed by atoms with Crippen molar-refractivity contribution in [2.24, 2.45) is 5.41 Å². The minimum atomic E-state index is -0.994. The fourth-order valence-electron chi connectivity index (χ4n) is 2.62. The van der Waals surface area contributed by atoms with Crippen LogP contribution in [0.3, 0.4) is 0 Å². The molecule has 0 N–H and O–H groups in total. The largest absolute Gasteiger partial charge is 0.524 e. The van der Waals surface area contributed by atoms with Crippen molar-refractivity contribution in [1.29, 1.82) is 0 Å². The van der Waals surface area contributed by atoms with Gasteiger partial charge in [-0.1, -0.05) is 32.1 Å². The average Bonchev–Trinajstić information content (AvgIpc) is 2.57. The Morgan fingerprint density at radius 3 is 2.26 bits per heavy atom. The van der Waals surface area contributed by atoms with Crippen molar-refractivity contribution >= 4 is 7.12 Å². The second kappa shape index (κ2) is 6.02. The zero-order valence-corrected chi connectivity index (χ0v) is 14.7. The van der Waals surface area contributed by atoms with Gasteiger partial charge in [0.2, 0.25) is 0 Å². The van der Waals surface area contributed by atoms with Gasteiger partial charge >= 0.3 is 7.12 Å². The number of hydrogen-bond donors (Lipinski definition) is 0. The van der Waals surface area contributed by atoms with Gasteiger partial charge in [-0.05, 0) is 57.2 Å². The van der Waals surface area contributed by atoms with Crippen LogP contribution in [0.1, 0.15) is 47.1 Å². The molecule has 1 saturated heterocycles. The zero-order valence-electron chi connectivity index (χ0n) is 14.7. The Morgan fingerprint density at radius 1 is 1.17 bits per heavy atom. The van der Waals surface area contributed by atoms with Gasteiger partial charge in [0, 0.05) is 0 Å². The van der Waals surface area contributed by atoms with E-state index in [2.05, 4.69) is 0 Å². The van der Waals surface area contributed by atoms with Crippen LogP contribution in [-0.2, 0) is 15.7 Å². The van der Waals surface area contributed by atoms with Gasteiger partial charge in [-0.25, -0.2) is 8.78 Å². The summed E-state index contributed by atoms with van der Waals surface area (Å²) in [6.45, 7) is 11.4. The van der Waals surface area contributed by atoms with E-state index in [1.54, 1.807) is 6.07 Å². The first-order chi connectivity index (χ1) is 10.4. The van der Waals surface area contributed by atoms with Gasteiger partial charge in [0.1, 0.15) is 11.5 Å².